The lowest BCUT2D eigenvalue weighted by molar-refractivity contribution is 0.319. The molecule has 0 aliphatic carbocycles. The number of pyridine rings is 1. The standard InChI is InChI=1S/C8H9BrN2O/c1-5-4-6(9)11-8-7(5)12-3-2-10-8/h4H,2-3H2,1H3,(H,10,11). The van der Waals surface area contributed by atoms with E-state index in [-0.39, 0.29) is 0 Å². The van der Waals surface area contributed by atoms with Crippen LogP contribution in [0.5, 0.6) is 5.75 Å². The molecule has 64 valence electrons. The zero-order chi connectivity index (χ0) is 8.55. The highest BCUT2D eigenvalue weighted by atomic mass is 79.9. The maximum Gasteiger partial charge on any atom is 0.170 e. The van der Waals surface area contributed by atoms with E-state index in [9.17, 15) is 0 Å². The number of rotatable bonds is 0. The molecular formula is C8H9BrN2O. The van der Waals surface area contributed by atoms with E-state index in [2.05, 4.69) is 26.2 Å². The monoisotopic (exact) mass is 228 g/mol. The number of aromatic nitrogens is 1. The maximum atomic E-state index is 5.46. The third-order valence-electron chi connectivity index (χ3n) is 1.77. The molecule has 1 N–H and O–H groups in total. The van der Waals surface area contributed by atoms with E-state index in [0.29, 0.717) is 0 Å². The molecule has 1 aromatic heterocycles. The zero-order valence-corrected chi connectivity index (χ0v) is 8.31. The Kier molecular flexibility index (Phi) is 1.92. The van der Waals surface area contributed by atoms with Gasteiger partial charge in [-0.2, -0.15) is 0 Å². The first-order valence-electron chi connectivity index (χ1n) is 3.81. The molecule has 1 aromatic rings. The topological polar surface area (TPSA) is 34.1 Å². The molecule has 2 heterocycles. The van der Waals surface area contributed by atoms with Crippen molar-refractivity contribution in [3.8, 4) is 5.75 Å². The fourth-order valence-corrected chi connectivity index (χ4v) is 1.77. The Balaban J connectivity index is 2.53. The lowest BCUT2D eigenvalue weighted by Crippen LogP contribution is -2.19. The molecule has 0 fully saturated rings. The molecule has 0 radical (unpaired) electrons. The summed E-state index contributed by atoms with van der Waals surface area (Å²) in [4.78, 5) is 4.26. The van der Waals surface area contributed by atoms with Gasteiger partial charge in [-0.25, -0.2) is 4.98 Å². The number of ether oxygens (including phenoxy) is 1. The van der Waals surface area contributed by atoms with Crippen LogP contribution in [0, 0.1) is 6.92 Å². The molecule has 4 heteroatoms. The second kappa shape index (κ2) is 2.94. The predicted octanol–water partition coefficient (Wildman–Crippen LogP) is 1.96. The molecule has 0 spiro atoms. The SMILES string of the molecule is Cc1cc(Br)nc2c1OCCN2. The summed E-state index contributed by atoms with van der Waals surface area (Å²) in [7, 11) is 0. The van der Waals surface area contributed by atoms with Crippen molar-refractivity contribution in [2.75, 3.05) is 18.5 Å². The first-order chi connectivity index (χ1) is 5.77. The van der Waals surface area contributed by atoms with E-state index >= 15 is 0 Å². The van der Waals surface area contributed by atoms with E-state index < -0.39 is 0 Å². The lowest BCUT2D eigenvalue weighted by atomic mass is 10.2. The predicted molar refractivity (Wildman–Crippen MR) is 50.7 cm³/mol. The number of halogens is 1. The number of anilines is 1. The van der Waals surface area contributed by atoms with Crippen LogP contribution in [-0.4, -0.2) is 18.1 Å². The highest BCUT2D eigenvalue weighted by molar-refractivity contribution is 9.10. The van der Waals surface area contributed by atoms with Gasteiger partial charge in [0.2, 0.25) is 0 Å². The summed E-state index contributed by atoms with van der Waals surface area (Å²) < 4.78 is 6.31. The second-order valence-corrected chi connectivity index (χ2v) is 3.53. The van der Waals surface area contributed by atoms with Crippen LogP contribution in [0.1, 0.15) is 5.56 Å². The normalized spacial score (nSPS) is 14.5. The smallest absolute Gasteiger partial charge is 0.170 e. The Bertz CT molecular complexity index is 314. The molecule has 1 aliphatic rings. The van der Waals surface area contributed by atoms with Crippen molar-refractivity contribution in [1.82, 2.24) is 4.98 Å². The van der Waals surface area contributed by atoms with Crippen molar-refractivity contribution in [1.29, 1.82) is 0 Å². The van der Waals surface area contributed by atoms with Crippen LogP contribution in [0.4, 0.5) is 5.82 Å². The molecule has 0 saturated heterocycles. The Morgan fingerprint density at radius 1 is 1.67 bits per heavy atom. The summed E-state index contributed by atoms with van der Waals surface area (Å²) >= 11 is 3.33. The average Bonchev–Trinajstić information content (AvgIpc) is 2.04. The van der Waals surface area contributed by atoms with Crippen molar-refractivity contribution in [2.45, 2.75) is 6.92 Å². The van der Waals surface area contributed by atoms with Crippen LogP contribution < -0.4 is 10.1 Å². The molecule has 0 atom stereocenters. The Labute approximate surface area is 79.3 Å². The van der Waals surface area contributed by atoms with Crippen LogP contribution in [0.2, 0.25) is 0 Å². The minimum absolute atomic E-state index is 0.719. The lowest BCUT2D eigenvalue weighted by Gasteiger charge is -2.19. The molecule has 0 unspecified atom stereocenters. The number of nitrogens with one attached hydrogen (secondary N) is 1. The Morgan fingerprint density at radius 3 is 3.33 bits per heavy atom. The van der Waals surface area contributed by atoms with Crippen molar-refractivity contribution < 1.29 is 4.74 Å². The molecule has 0 amide bonds. The van der Waals surface area contributed by atoms with Gasteiger partial charge >= 0.3 is 0 Å². The van der Waals surface area contributed by atoms with E-state index in [0.717, 1.165) is 34.9 Å². The van der Waals surface area contributed by atoms with Gasteiger partial charge in [0.1, 0.15) is 11.2 Å². The largest absolute Gasteiger partial charge is 0.488 e. The summed E-state index contributed by atoms with van der Waals surface area (Å²) in [6.07, 6.45) is 0. The molecule has 0 bridgehead atoms. The Morgan fingerprint density at radius 2 is 2.50 bits per heavy atom. The highest BCUT2D eigenvalue weighted by Gasteiger charge is 2.13. The van der Waals surface area contributed by atoms with Gasteiger partial charge in [-0.15, -0.1) is 0 Å². The fraction of sp³-hybridized carbons (Fsp3) is 0.375. The maximum absolute atomic E-state index is 5.46. The van der Waals surface area contributed by atoms with Crippen LogP contribution in [0.15, 0.2) is 10.7 Å². The molecular weight excluding hydrogens is 220 g/mol. The average molecular weight is 229 g/mol. The molecule has 12 heavy (non-hydrogen) atoms. The second-order valence-electron chi connectivity index (χ2n) is 2.71. The van der Waals surface area contributed by atoms with Gasteiger partial charge < -0.3 is 10.1 Å². The van der Waals surface area contributed by atoms with E-state index in [1.807, 2.05) is 13.0 Å². The van der Waals surface area contributed by atoms with E-state index in [4.69, 9.17) is 4.74 Å². The first kappa shape index (κ1) is 7.86. The van der Waals surface area contributed by atoms with Crippen molar-refractivity contribution in [3.05, 3.63) is 16.2 Å². The van der Waals surface area contributed by atoms with E-state index in [1.165, 1.54) is 0 Å². The van der Waals surface area contributed by atoms with Gasteiger partial charge in [-0.3, -0.25) is 0 Å². The third-order valence-corrected chi connectivity index (χ3v) is 2.17. The number of hydrogen-bond donors (Lipinski definition) is 1. The van der Waals surface area contributed by atoms with Crippen LogP contribution in [-0.2, 0) is 0 Å². The van der Waals surface area contributed by atoms with Crippen LogP contribution in [0.3, 0.4) is 0 Å². The summed E-state index contributed by atoms with van der Waals surface area (Å²) in [5.41, 5.74) is 1.11. The summed E-state index contributed by atoms with van der Waals surface area (Å²) in [5, 5.41) is 3.18. The summed E-state index contributed by atoms with van der Waals surface area (Å²) in [5.74, 6) is 1.72. The van der Waals surface area contributed by atoms with Gasteiger partial charge in [0.25, 0.3) is 0 Å². The zero-order valence-electron chi connectivity index (χ0n) is 6.72. The fourth-order valence-electron chi connectivity index (χ4n) is 1.25. The van der Waals surface area contributed by atoms with Crippen molar-refractivity contribution >= 4 is 21.7 Å². The highest BCUT2D eigenvalue weighted by Crippen LogP contribution is 2.30. The minimum Gasteiger partial charge on any atom is -0.488 e. The molecule has 2 rings (SSSR count). The van der Waals surface area contributed by atoms with Gasteiger partial charge in [0.15, 0.2) is 11.6 Å². The molecule has 1 aliphatic heterocycles. The van der Waals surface area contributed by atoms with Crippen molar-refractivity contribution in [2.24, 2.45) is 0 Å². The van der Waals surface area contributed by atoms with Gasteiger partial charge in [-0.1, -0.05) is 0 Å². The first-order valence-corrected chi connectivity index (χ1v) is 4.60. The Hall–Kier alpha value is -0.770. The third kappa shape index (κ3) is 1.27. The number of aryl methyl sites for hydroxylation is 1. The quantitative estimate of drug-likeness (QED) is 0.690. The van der Waals surface area contributed by atoms with Gasteiger partial charge in [0, 0.05) is 0 Å². The van der Waals surface area contributed by atoms with Crippen LogP contribution >= 0.6 is 15.9 Å². The van der Waals surface area contributed by atoms with E-state index in [1.54, 1.807) is 0 Å². The summed E-state index contributed by atoms with van der Waals surface area (Å²) in [6, 6.07) is 1.95. The molecule has 0 aromatic carbocycles. The minimum atomic E-state index is 0.719. The van der Waals surface area contributed by atoms with Gasteiger partial charge in [-0.05, 0) is 34.5 Å². The number of fused-ring (bicyclic) bond motifs is 1. The van der Waals surface area contributed by atoms with Gasteiger partial charge in [0.05, 0.1) is 6.54 Å². The number of nitrogens with zero attached hydrogens (tertiary/aromatic N) is 1. The molecule has 0 saturated carbocycles. The van der Waals surface area contributed by atoms with Crippen LogP contribution in [0.25, 0.3) is 0 Å². The van der Waals surface area contributed by atoms with Crippen molar-refractivity contribution in [3.63, 3.8) is 0 Å². The molecule has 3 nitrogen and oxygen atoms in total. The number of hydrogen-bond acceptors (Lipinski definition) is 3. The summed E-state index contributed by atoms with van der Waals surface area (Å²) in [6.45, 7) is 3.56.